The molecule has 3 aliphatic rings. The molecule has 1 aliphatic carbocycles. The van der Waals surface area contributed by atoms with Crippen molar-refractivity contribution < 1.29 is 47.5 Å². The number of ketones is 1. The van der Waals surface area contributed by atoms with Gasteiger partial charge in [-0.25, -0.2) is 4.79 Å². The normalized spacial score (nSPS) is 21.6. The molecule has 2 aliphatic heterocycles. The first kappa shape index (κ1) is 39.8. The standard InChI is InChI=1S/C44H55NO10/c1-49-37-19-17-29(25-38(37)50-2)16-18-36-31-13-10-14-34(26-31)53-23-20-33(46)21-24-54-40-28-32(27-39(51-3)42(40)52-4)41(30-11-6-5-7-12-30)43(47)45-22-9-8-15-35(45)44(48)55-36/h10,13-14,17,19,25-28,30,35-36,41H,5-9,11-12,15-16,18,20-24H2,1-4H3/t35-,36+,41-/m0/s1. The Balaban J connectivity index is 1.37. The largest absolute Gasteiger partial charge is 0.493 e. The van der Waals surface area contributed by atoms with Crippen molar-refractivity contribution in [3.8, 4) is 34.5 Å². The van der Waals surface area contributed by atoms with Gasteiger partial charge in [0.1, 0.15) is 23.7 Å². The third kappa shape index (κ3) is 9.66. The van der Waals surface area contributed by atoms with Gasteiger partial charge >= 0.3 is 5.97 Å². The summed E-state index contributed by atoms with van der Waals surface area (Å²) in [5.41, 5.74) is 2.52. The van der Waals surface area contributed by atoms with Gasteiger partial charge in [-0.3, -0.25) is 9.59 Å². The molecule has 1 saturated carbocycles. The van der Waals surface area contributed by atoms with Crippen LogP contribution in [-0.2, 0) is 25.5 Å². The zero-order chi connectivity index (χ0) is 38.7. The van der Waals surface area contributed by atoms with E-state index in [1.165, 1.54) is 0 Å². The molecule has 2 heterocycles. The molecule has 2 fully saturated rings. The van der Waals surface area contributed by atoms with Gasteiger partial charge in [-0.05, 0) is 104 Å². The molecule has 4 bridgehead atoms. The first-order valence-electron chi connectivity index (χ1n) is 19.7. The summed E-state index contributed by atoms with van der Waals surface area (Å²) in [6.07, 6.45) is 7.90. The molecule has 1 saturated heterocycles. The van der Waals surface area contributed by atoms with Crippen LogP contribution in [0.3, 0.4) is 0 Å². The van der Waals surface area contributed by atoms with Crippen LogP contribution in [0.2, 0.25) is 0 Å². The summed E-state index contributed by atoms with van der Waals surface area (Å²) >= 11 is 0. The topological polar surface area (TPSA) is 119 Å². The fourth-order valence-electron chi connectivity index (χ4n) is 8.27. The molecule has 0 spiro atoms. The maximum Gasteiger partial charge on any atom is 0.329 e. The highest BCUT2D eigenvalue weighted by molar-refractivity contribution is 5.89. The van der Waals surface area contributed by atoms with Crippen LogP contribution in [0.15, 0.2) is 54.6 Å². The molecule has 6 rings (SSSR count). The third-order valence-corrected chi connectivity index (χ3v) is 11.2. The number of hydrogen-bond donors (Lipinski definition) is 0. The molecule has 3 atom stereocenters. The lowest BCUT2D eigenvalue weighted by Crippen LogP contribution is -2.51. The van der Waals surface area contributed by atoms with E-state index in [4.69, 9.17) is 33.2 Å². The number of rotatable bonds is 8. The van der Waals surface area contributed by atoms with Crippen LogP contribution in [-0.4, -0.2) is 76.8 Å². The Morgan fingerprint density at radius 1 is 0.709 bits per heavy atom. The zero-order valence-corrected chi connectivity index (χ0v) is 32.6. The number of ether oxygens (including phenoxy) is 7. The summed E-state index contributed by atoms with van der Waals surface area (Å²) in [6.45, 7) is 0.772. The number of hydrogen-bond acceptors (Lipinski definition) is 10. The molecule has 296 valence electrons. The monoisotopic (exact) mass is 757 g/mol. The lowest BCUT2D eigenvalue weighted by molar-refractivity contribution is -0.163. The highest BCUT2D eigenvalue weighted by Crippen LogP contribution is 2.45. The van der Waals surface area contributed by atoms with Crippen molar-refractivity contribution >= 4 is 17.7 Å². The van der Waals surface area contributed by atoms with Gasteiger partial charge in [-0.15, -0.1) is 0 Å². The second-order valence-electron chi connectivity index (χ2n) is 14.6. The Bertz CT molecular complexity index is 1790. The molecule has 55 heavy (non-hydrogen) atoms. The molecular weight excluding hydrogens is 702 g/mol. The lowest BCUT2D eigenvalue weighted by Gasteiger charge is -2.40. The predicted octanol–water partition coefficient (Wildman–Crippen LogP) is 7.80. The number of esters is 1. The van der Waals surface area contributed by atoms with E-state index < -0.39 is 24.0 Å². The van der Waals surface area contributed by atoms with E-state index in [1.807, 2.05) is 54.6 Å². The van der Waals surface area contributed by atoms with Crippen LogP contribution in [0.25, 0.3) is 0 Å². The van der Waals surface area contributed by atoms with Crippen molar-refractivity contribution in [2.75, 3.05) is 48.2 Å². The molecule has 11 heteroatoms. The van der Waals surface area contributed by atoms with Crippen molar-refractivity contribution in [3.05, 3.63) is 71.3 Å². The number of benzene rings is 3. The van der Waals surface area contributed by atoms with Crippen LogP contribution in [0.4, 0.5) is 0 Å². The number of nitrogens with zero attached hydrogens (tertiary/aromatic N) is 1. The average molecular weight is 758 g/mol. The minimum Gasteiger partial charge on any atom is -0.493 e. The summed E-state index contributed by atoms with van der Waals surface area (Å²) in [5, 5.41) is 0. The van der Waals surface area contributed by atoms with E-state index in [0.717, 1.165) is 61.6 Å². The molecule has 11 nitrogen and oxygen atoms in total. The van der Waals surface area contributed by atoms with Crippen LogP contribution in [0.5, 0.6) is 34.5 Å². The summed E-state index contributed by atoms with van der Waals surface area (Å²) in [7, 11) is 6.30. The van der Waals surface area contributed by atoms with Gasteiger partial charge < -0.3 is 38.1 Å². The third-order valence-electron chi connectivity index (χ3n) is 11.2. The average Bonchev–Trinajstić information content (AvgIpc) is 3.22. The fraction of sp³-hybridized carbons (Fsp3) is 0.523. The van der Waals surface area contributed by atoms with E-state index in [2.05, 4.69) is 0 Å². The van der Waals surface area contributed by atoms with Crippen molar-refractivity contribution in [3.63, 3.8) is 0 Å². The molecular formula is C44H55NO10. The number of amides is 1. The SMILES string of the molecule is COc1ccc(CC[C@H]2OC(=O)[C@@H]3CCCCN3C(=O)[C@@H](C3CCCCC3)c3cc(OC)c(OC)c(c3)OCCC(=O)CCOc3cccc2c3)cc1OC. The number of carbonyl (C=O) groups excluding carboxylic acids is 3. The highest BCUT2D eigenvalue weighted by atomic mass is 16.5. The number of aryl methyl sites for hydroxylation is 1. The van der Waals surface area contributed by atoms with Crippen LogP contribution in [0, 0.1) is 5.92 Å². The Morgan fingerprint density at radius 2 is 1.45 bits per heavy atom. The van der Waals surface area contributed by atoms with Crippen molar-refractivity contribution in [2.45, 2.75) is 95.1 Å². The quantitative estimate of drug-likeness (QED) is 0.211. The van der Waals surface area contributed by atoms with Gasteiger partial charge in [0.25, 0.3) is 0 Å². The molecule has 0 N–H and O–H groups in total. The van der Waals surface area contributed by atoms with E-state index in [0.29, 0.717) is 60.3 Å². The van der Waals surface area contributed by atoms with Gasteiger partial charge in [0.15, 0.2) is 23.0 Å². The summed E-state index contributed by atoms with van der Waals surface area (Å²) in [6, 6.07) is 16.3. The van der Waals surface area contributed by atoms with Crippen molar-refractivity contribution in [1.82, 2.24) is 4.90 Å². The van der Waals surface area contributed by atoms with E-state index >= 15 is 4.79 Å². The van der Waals surface area contributed by atoms with Crippen molar-refractivity contribution in [1.29, 1.82) is 0 Å². The number of methoxy groups -OCH3 is 4. The Hall–Kier alpha value is -4.93. The van der Waals surface area contributed by atoms with Gasteiger partial charge in [0.05, 0.1) is 47.6 Å². The van der Waals surface area contributed by atoms with Gasteiger partial charge in [0.2, 0.25) is 11.7 Å². The molecule has 1 amide bonds. The fourth-order valence-corrected chi connectivity index (χ4v) is 8.27. The number of cyclic esters (lactones) is 1. The van der Waals surface area contributed by atoms with E-state index in [-0.39, 0.29) is 43.7 Å². The smallest absolute Gasteiger partial charge is 0.329 e. The van der Waals surface area contributed by atoms with Gasteiger partial charge in [-0.1, -0.05) is 37.5 Å². The van der Waals surface area contributed by atoms with Crippen LogP contribution in [0.1, 0.15) is 99.3 Å². The zero-order valence-electron chi connectivity index (χ0n) is 32.6. The number of Topliss-reactive ketones (excluding diaryl/α,β-unsaturated/α-hetero) is 1. The Kier molecular flexibility index (Phi) is 13.8. The molecule has 3 aromatic rings. The Labute approximate surface area is 324 Å². The maximum absolute atomic E-state index is 15.1. The number of piperidine rings is 1. The summed E-state index contributed by atoms with van der Waals surface area (Å²) < 4.78 is 41.2. The molecule has 0 radical (unpaired) electrons. The van der Waals surface area contributed by atoms with Gasteiger partial charge in [-0.2, -0.15) is 0 Å². The van der Waals surface area contributed by atoms with E-state index in [1.54, 1.807) is 33.3 Å². The van der Waals surface area contributed by atoms with Crippen LogP contribution >= 0.6 is 0 Å². The summed E-state index contributed by atoms with van der Waals surface area (Å²) in [4.78, 5) is 44.3. The number of carbonyl (C=O) groups is 3. The minimum atomic E-state index is -0.733. The first-order valence-corrected chi connectivity index (χ1v) is 19.7. The lowest BCUT2D eigenvalue weighted by atomic mass is 9.75. The first-order chi connectivity index (χ1) is 26.8. The highest BCUT2D eigenvalue weighted by Gasteiger charge is 2.41. The minimum absolute atomic E-state index is 0.0132. The molecule has 0 aromatic heterocycles. The van der Waals surface area contributed by atoms with Gasteiger partial charge in [0, 0.05) is 19.4 Å². The Morgan fingerprint density at radius 3 is 2.20 bits per heavy atom. The second kappa shape index (κ2) is 19.1. The number of fused-ring (bicyclic) bond motifs is 5. The van der Waals surface area contributed by atoms with Crippen molar-refractivity contribution in [2.24, 2.45) is 5.92 Å². The molecule has 3 aromatic carbocycles. The molecule has 0 unspecified atom stereocenters. The summed E-state index contributed by atoms with van der Waals surface area (Å²) in [5.74, 6) is 2.10. The van der Waals surface area contributed by atoms with Crippen LogP contribution < -0.4 is 28.4 Å². The second-order valence-corrected chi connectivity index (χ2v) is 14.6. The maximum atomic E-state index is 15.1. The van der Waals surface area contributed by atoms with E-state index in [9.17, 15) is 9.59 Å². The predicted molar refractivity (Wildman–Crippen MR) is 207 cm³/mol.